The van der Waals surface area contributed by atoms with Crippen LogP contribution < -0.4 is 0 Å². The van der Waals surface area contributed by atoms with Gasteiger partial charge in [-0.25, -0.2) is 4.98 Å². The molecular weight excluding hydrogens is 305 g/mol. The van der Waals surface area contributed by atoms with Gasteiger partial charge >= 0.3 is 0 Å². The number of fused-ring (bicyclic) bond motifs is 1. The van der Waals surface area contributed by atoms with E-state index in [1.807, 2.05) is 41.8 Å². The third kappa shape index (κ3) is 2.27. The molecule has 0 aliphatic carbocycles. The number of para-hydroxylation sites is 1. The number of nitrogens with zero attached hydrogens (tertiary/aromatic N) is 3. The molecule has 104 valence electrons. The topological polar surface area (TPSA) is 41.6 Å². The zero-order valence-corrected chi connectivity index (χ0v) is 12.8. The van der Waals surface area contributed by atoms with Crippen molar-refractivity contribution in [1.82, 2.24) is 9.55 Å². The maximum Gasteiger partial charge on any atom is 0.129 e. The van der Waals surface area contributed by atoms with E-state index in [0.717, 1.165) is 16.8 Å². The molecule has 0 spiro atoms. The van der Waals surface area contributed by atoms with E-state index in [1.54, 1.807) is 6.07 Å². The van der Waals surface area contributed by atoms with Gasteiger partial charge in [0, 0.05) is 5.02 Å². The van der Waals surface area contributed by atoms with Crippen molar-refractivity contribution in [2.75, 3.05) is 0 Å². The number of hydrogen-bond donors (Lipinski definition) is 0. The fourth-order valence-electron chi connectivity index (χ4n) is 2.42. The van der Waals surface area contributed by atoms with Gasteiger partial charge in [0.1, 0.15) is 17.4 Å². The molecule has 0 saturated heterocycles. The molecule has 3 nitrogen and oxygen atoms in total. The Labute approximate surface area is 132 Å². The predicted octanol–water partition coefficient (Wildman–Crippen LogP) is 4.60. The van der Waals surface area contributed by atoms with Crippen LogP contribution in [0.25, 0.3) is 16.7 Å². The van der Waals surface area contributed by atoms with E-state index in [4.69, 9.17) is 23.2 Å². The summed E-state index contributed by atoms with van der Waals surface area (Å²) in [6, 6.07) is 13.4. The first kappa shape index (κ1) is 13.9. The smallest absolute Gasteiger partial charge is 0.129 e. The van der Waals surface area contributed by atoms with Gasteiger partial charge in [-0.1, -0.05) is 23.7 Å². The van der Waals surface area contributed by atoms with Gasteiger partial charge in [0.15, 0.2) is 0 Å². The second kappa shape index (κ2) is 5.40. The lowest BCUT2D eigenvalue weighted by Crippen LogP contribution is -2.01. The van der Waals surface area contributed by atoms with Crippen molar-refractivity contribution in [1.29, 1.82) is 5.26 Å². The van der Waals surface area contributed by atoms with Gasteiger partial charge in [0.2, 0.25) is 0 Å². The summed E-state index contributed by atoms with van der Waals surface area (Å²) in [6.45, 7) is 2.00. The number of imidazole rings is 1. The van der Waals surface area contributed by atoms with Crippen molar-refractivity contribution >= 4 is 34.2 Å². The van der Waals surface area contributed by atoms with Crippen molar-refractivity contribution < 1.29 is 0 Å². The lowest BCUT2D eigenvalue weighted by atomic mass is 10.1. The number of nitriles is 1. The van der Waals surface area contributed by atoms with Gasteiger partial charge in [-0.15, -0.1) is 11.6 Å². The molecular formula is C16H11Cl2N3. The van der Waals surface area contributed by atoms with Gasteiger partial charge < -0.3 is 0 Å². The molecule has 0 aliphatic rings. The van der Waals surface area contributed by atoms with E-state index in [9.17, 15) is 5.26 Å². The normalized spacial score (nSPS) is 10.8. The summed E-state index contributed by atoms with van der Waals surface area (Å²) in [5.74, 6) is 0.950. The van der Waals surface area contributed by atoms with E-state index in [0.29, 0.717) is 21.9 Å². The second-order valence-corrected chi connectivity index (χ2v) is 5.42. The SMILES string of the molecule is Cc1ccc(Cl)cc1-n1c(CCl)nc2c(C#N)cccc21. The summed E-state index contributed by atoms with van der Waals surface area (Å²) >= 11 is 12.2. The molecule has 0 bridgehead atoms. The molecule has 3 rings (SSSR count). The van der Waals surface area contributed by atoms with Gasteiger partial charge in [0.25, 0.3) is 0 Å². The van der Waals surface area contributed by atoms with Crippen LogP contribution in [0.3, 0.4) is 0 Å². The van der Waals surface area contributed by atoms with Crippen molar-refractivity contribution in [3.05, 3.63) is 58.4 Å². The molecule has 0 fully saturated rings. The summed E-state index contributed by atoms with van der Waals surface area (Å²) in [7, 11) is 0. The fourth-order valence-corrected chi connectivity index (χ4v) is 2.77. The van der Waals surface area contributed by atoms with Crippen LogP contribution in [0.15, 0.2) is 36.4 Å². The summed E-state index contributed by atoms with van der Waals surface area (Å²) in [5.41, 5.74) is 4.05. The second-order valence-electron chi connectivity index (χ2n) is 4.71. The highest BCUT2D eigenvalue weighted by molar-refractivity contribution is 6.30. The minimum atomic E-state index is 0.255. The van der Waals surface area contributed by atoms with Crippen LogP contribution in [-0.2, 0) is 5.88 Å². The summed E-state index contributed by atoms with van der Waals surface area (Å²) in [6.07, 6.45) is 0. The number of aryl methyl sites for hydroxylation is 1. The first-order valence-electron chi connectivity index (χ1n) is 6.38. The molecule has 3 aromatic rings. The molecule has 0 N–H and O–H groups in total. The average Bonchev–Trinajstić information content (AvgIpc) is 2.88. The molecule has 21 heavy (non-hydrogen) atoms. The van der Waals surface area contributed by atoms with E-state index in [1.165, 1.54) is 0 Å². The Morgan fingerprint density at radius 3 is 2.81 bits per heavy atom. The van der Waals surface area contributed by atoms with Crippen molar-refractivity contribution in [2.24, 2.45) is 0 Å². The Balaban J connectivity index is 2.42. The number of halogens is 2. The van der Waals surface area contributed by atoms with Gasteiger partial charge in [-0.2, -0.15) is 5.26 Å². The van der Waals surface area contributed by atoms with Crippen molar-refractivity contribution in [2.45, 2.75) is 12.8 Å². The van der Waals surface area contributed by atoms with Crippen LogP contribution in [-0.4, -0.2) is 9.55 Å². The largest absolute Gasteiger partial charge is 0.295 e. The Bertz CT molecular complexity index is 875. The average molecular weight is 316 g/mol. The Morgan fingerprint density at radius 1 is 1.29 bits per heavy atom. The van der Waals surface area contributed by atoms with Crippen molar-refractivity contribution in [3.63, 3.8) is 0 Å². The van der Waals surface area contributed by atoms with Gasteiger partial charge in [-0.3, -0.25) is 4.57 Å². The molecule has 0 amide bonds. The molecule has 0 saturated carbocycles. The molecule has 0 unspecified atom stereocenters. The van der Waals surface area contributed by atoms with Crippen molar-refractivity contribution in [3.8, 4) is 11.8 Å². The number of hydrogen-bond acceptors (Lipinski definition) is 2. The minimum Gasteiger partial charge on any atom is -0.295 e. The zero-order chi connectivity index (χ0) is 15.0. The number of benzene rings is 2. The first-order valence-corrected chi connectivity index (χ1v) is 7.30. The monoisotopic (exact) mass is 315 g/mol. The summed E-state index contributed by atoms with van der Waals surface area (Å²) < 4.78 is 1.96. The van der Waals surface area contributed by atoms with Crippen LogP contribution in [0, 0.1) is 18.3 Å². The molecule has 0 atom stereocenters. The fraction of sp³-hybridized carbons (Fsp3) is 0.125. The van der Waals surface area contributed by atoms with Gasteiger partial charge in [-0.05, 0) is 36.8 Å². The van der Waals surface area contributed by atoms with Crippen LogP contribution in [0.2, 0.25) is 5.02 Å². The number of aromatic nitrogens is 2. The molecule has 5 heteroatoms. The molecule has 1 heterocycles. The number of alkyl halides is 1. The molecule has 2 aromatic carbocycles. The highest BCUT2D eigenvalue weighted by Crippen LogP contribution is 2.28. The highest BCUT2D eigenvalue weighted by Gasteiger charge is 2.15. The summed E-state index contributed by atoms with van der Waals surface area (Å²) in [4.78, 5) is 4.51. The van der Waals surface area contributed by atoms with Crippen LogP contribution in [0.4, 0.5) is 0 Å². The maximum absolute atomic E-state index is 9.22. The van der Waals surface area contributed by atoms with E-state index >= 15 is 0 Å². The lowest BCUT2D eigenvalue weighted by molar-refractivity contribution is 0.972. The molecule has 0 aliphatic heterocycles. The van der Waals surface area contributed by atoms with Gasteiger partial charge in [0.05, 0.1) is 22.6 Å². The van der Waals surface area contributed by atoms with E-state index in [-0.39, 0.29) is 5.88 Å². The van der Waals surface area contributed by atoms with E-state index in [2.05, 4.69) is 11.1 Å². The highest BCUT2D eigenvalue weighted by atomic mass is 35.5. The van der Waals surface area contributed by atoms with Crippen LogP contribution in [0.5, 0.6) is 0 Å². The lowest BCUT2D eigenvalue weighted by Gasteiger charge is -2.11. The van der Waals surface area contributed by atoms with Crippen LogP contribution >= 0.6 is 23.2 Å². The van der Waals surface area contributed by atoms with E-state index < -0.39 is 0 Å². The summed E-state index contributed by atoms with van der Waals surface area (Å²) in [5, 5.41) is 9.87. The third-order valence-electron chi connectivity index (χ3n) is 3.41. The third-order valence-corrected chi connectivity index (χ3v) is 3.88. The minimum absolute atomic E-state index is 0.255. The van der Waals surface area contributed by atoms with Crippen LogP contribution in [0.1, 0.15) is 17.0 Å². The maximum atomic E-state index is 9.22. The predicted molar refractivity (Wildman–Crippen MR) is 85.1 cm³/mol. The Morgan fingerprint density at radius 2 is 2.10 bits per heavy atom. The Hall–Kier alpha value is -2.02. The first-order chi connectivity index (χ1) is 10.2. The quantitative estimate of drug-likeness (QED) is 0.648. The zero-order valence-electron chi connectivity index (χ0n) is 11.3. The molecule has 1 aromatic heterocycles. The number of rotatable bonds is 2. The Kier molecular flexibility index (Phi) is 3.59. The molecule has 0 radical (unpaired) electrons. The standard InChI is InChI=1S/C16H11Cl2N3/c1-10-5-6-12(18)7-14(10)21-13-4-2-3-11(9-19)16(13)20-15(21)8-17/h2-7H,8H2,1H3.